The first-order valence-corrected chi connectivity index (χ1v) is 7.25. The zero-order chi connectivity index (χ0) is 13.9. The van der Waals surface area contributed by atoms with Crippen molar-refractivity contribution in [1.82, 2.24) is 14.7 Å². The molecular weight excluding hydrogens is 258 g/mol. The van der Waals surface area contributed by atoms with Gasteiger partial charge in [-0.2, -0.15) is 5.10 Å². The lowest BCUT2D eigenvalue weighted by Crippen LogP contribution is -2.39. The molecule has 1 aromatic heterocycles. The number of aromatic nitrogens is 2. The van der Waals surface area contributed by atoms with Gasteiger partial charge in [-0.1, -0.05) is 0 Å². The van der Waals surface area contributed by atoms with Crippen molar-refractivity contribution >= 4 is 5.97 Å². The second kappa shape index (κ2) is 5.93. The van der Waals surface area contributed by atoms with Gasteiger partial charge in [-0.05, 0) is 25.3 Å². The third-order valence-electron chi connectivity index (χ3n) is 4.15. The largest absolute Gasteiger partial charge is 0.464 e. The summed E-state index contributed by atoms with van der Waals surface area (Å²) in [5.74, 6) is -0.358. The van der Waals surface area contributed by atoms with E-state index in [9.17, 15) is 4.79 Å². The maximum absolute atomic E-state index is 11.6. The number of fused-ring (bicyclic) bond motifs is 1. The van der Waals surface area contributed by atoms with Gasteiger partial charge in [0, 0.05) is 38.9 Å². The molecule has 1 fully saturated rings. The van der Waals surface area contributed by atoms with Crippen molar-refractivity contribution in [3.05, 3.63) is 17.5 Å². The summed E-state index contributed by atoms with van der Waals surface area (Å²) in [7, 11) is 1.39. The predicted molar refractivity (Wildman–Crippen MR) is 72.4 cm³/mol. The van der Waals surface area contributed by atoms with Crippen LogP contribution in [0.3, 0.4) is 0 Å². The number of carbonyl (C=O) groups excluding carboxylic acids is 1. The lowest BCUT2D eigenvalue weighted by atomic mass is 10.1. The Morgan fingerprint density at radius 1 is 1.40 bits per heavy atom. The van der Waals surface area contributed by atoms with E-state index in [1.54, 1.807) is 0 Å². The first-order chi connectivity index (χ1) is 9.78. The molecule has 0 aliphatic carbocycles. The Balaban J connectivity index is 1.76. The standard InChI is InChI=1S/C14H21N3O3/c1-19-14(18)13-9-12-10-16(5-2-6-17(12)15-13)11-3-7-20-8-4-11/h9,11H,2-8,10H2,1H3. The predicted octanol–water partition coefficient (Wildman–Crippen LogP) is 1.05. The molecule has 110 valence electrons. The second-order valence-corrected chi connectivity index (χ2v) is 5.40. The Kier molecular flexibility index (Phi) is 4.03. The normalized spacial score (nSPS) is 21.2. The molecule has 0 atom stereocenters. The Hall–Kier alpha value is -1.40. The van der Waals surface area contributed by atoms with Gasteiger partial charge in [0.05, 0.1) is 12.8 Å². The van der Waals surface area contributed by atoms with Gasteiger partial charge < -0.3 is 9.47 Å². The molecular formula is C14H21N3O3. The molecule has 0 aromatic carbocycles. The van der Waals surface area contributed by atoms with Crippen LogP contribution in [0.1, 0.15) is 35.4 Å². The minimum absolute atomic E-state index is 0.358. The zero-order valence-electron chi connectivity index (χ0n) is 11.9. The lowest BCUT2D eigenvalue weighted by molar-refractivity contribution is 0.0315. The highest BCUT2D eigenvalue weighted by Gasteiger charge is 2.25. The number of methoxy groups -OCH3 is 1. The van der Waals surface area contributed by atoms with E-state index in [1.165, 1.54) is 7.11 Å². The van der Waals surface area contributed by atoms with Crippen molar-refractivity contribution < 1.29 is 14.3 Å². The van der Waals surface area contributed by atoms with Crippen LogP contribution in [0.4, 0.5) is 0 Å². The van der Waals surface area contributed by atoms with Gasteiger partial charge in [-0.3, -0.25) is 9.58 Å². The van der Waals surface area contributed by atoms with E-state index in [0.717, 1.165) is 57.8 Å². The first-order valence-electron chi connectivity index (χ1n) is 7.25. The second-order valence-electron chi connectivity index (χ2n) is 5.40. The Morgan fingerprint density at radius 2 is 2.20 bits per heavy atom. The number of nitrogens with zero attached hydrogens (tertiary/aromatic N) is 3. The van der Waals surface area contributed by atoms with Gasteiger partial charge >= 0.3 is 5.97 Å². The summed E-state index contributed by atoms with van der Waals surface area (Å²) in [5.41, 5.74) is 1.52. The molecule has 0 radical (unpaired) electrons. The molecule has 1 aromatic rings. The van der Waals surface area contributed by atoms with Crippen molar-refractivity contribution in [1.29, 1.82) is 0 Å². The Labute approximate surface area is 118 Å². The zero-order valence-corrected chi connectivity index (χ0v) is 11.9. The minimum Gasteiger partial charge on any atom is -0.464 e. The average Bonchev–Trinajstić information content (AvgIpc) is 2.79. The summed E-state index contributed by atoms with van der Waals surface area (Å²) in [6, 6.07) is 2.45. The molecule has 3 heterocycles. The molecule has 0 saturated carbocycles. The molecule has 0 spiro atoms. The fourth-order valence-corrected chi connectivity index (χ4v) is 3.05. The van der Waals surface area contributed by atoms with Crippen LogP contribution in [0.2, 0.25) is 0 Å². The van der Waals surface area contributed by atoms with Crippen LogP contribution in [0, 0.1) is 0 Å². The number of ether oxygens (including phenoxy) is 2. The molecule has 2 aliphatic rings. The lowest BCUT2D eigenvalue weighted by Gasteiger charge is -2.33. The van der Waals surface area contributed by atoms with Crippen LogP contribution in [-0.2, 0) is 22.6 Å². The van der Waals surface area contributed by atoms with E-state index in [1.807, 2.05) is 10.7 Å². The summed E-state index contributed by atoms with van der Waals surface area (Å²) in [6.07, 6.45) is 3.25. The third-order valence-corrected chi connectivity index (χ3v) is 4.15. The SMILES string of the molecule is COC(=O)c1cc2n(n1)CCCN(C1CCOCC1)C2. The van der Waals surface area contributed by atoms with Gasteiger partial charge in [0.15, 0.2) is 5.69 Å². The molecule has 0 N–H and O–H groups in total. The average molecular weight is 279 g/mol. The molecule has 6 nitrogen and oxygen atoms in total. The molecule has 3 rings (SSSR count). The van der Waals surface area contributed by atoms with E-state index < -0.39 is 0 Å². The molecule has 6 heteroatoms. The van der Waals surface area contributed by atoms with Gasteiger partial charge in [-0.25, -0.2) is 4.79 Å². The number of carbonyl (C=O) groups is 1. The van der Waals surface area contributed by atoms with Crippen LogP contribution in [0.25, 0.3) is 0 Å². The summed E-state index contributed by atoms with van der Waals surface area (Å²) in [4.78, 5) is 14.1. The smallest absolute Gasteiger partial charge is 0.358 e. The van der Waals surface area contributed by atoms with Crippen molar-refractivity contribution in [2.45, 2.75) is 38.4 Å². The first kappa shape index (κ1) is 13.6. The maximum atomic E-state index is 11.6. The van der Waals surface area contributed by atoms with Gasteiger partial charge in [0.25, 0.3) is 0 Å². The van der Waals surface area contributed by atoms with Gasteiger partial charge in [-0.15, -0.1) is 0 Å². The molecule has 1 saturated heterocycles. The summed E-state index contributed by atoms with van der Waals surface area (Å²) >= 11 is 0. The van der Waals surface area contributed by atoms with Crippen molar-refractivity contribution in [3.8, 4) is 0 Å². The van der Waals surface area contributed by atoms with Crippen molar-refractivity contribution in [3.63, 3.8) is 0 Å². The minimum atomic E-state index is -0.358. The maximum Gasteiger partial charge on any atom is 0.358 e. The number of aryl methyl sites for hydroxylation is 1. The third kappa shape index (κ3) is 2.71. The van der Waals surface area contributed by atoms with E-state index >= 15 is 0 Å². The molecule has 0 unspecified atom stereocenters. The molecule has 2 aliphatic heterocycles. The number of esters is 1. The number of hydrogen-bond acceptors (Lipinski definition) is 5. The topological polar surface area (TPSA) is 56.6 Å². The van der Waals surface area contributed by atoms with E-state index in [-0.39, 0.29) is 5.97 Å². The number of hydrogen-bond donors (Lipinski definition) is 0. The Bertz CT molecular complexity index is 480. The van der Waals surface area contributed by atoms with Crippen LogP contribution in [0.5, 0.6) is 0 Å². The van der Waals surface area contributed by atoms with Crippen molar-refractivity contribution in [2.24, 2.45) is 0 Å². The highest BCUT2D eigenvalue weighted by molar-refractivity contribution is 5.87. The molecule has 20 heavy (non-hydrogen) atoms. The van der Waals surface area contributed by atoms with Crippen LogP contribution >= 0.6 is 0 Å². The fraction of sp³-hybridized carbons (Fsp3) is 0.714. The Morgan fingerprint density at radius 3 is 2.95 bits per heavy atom. The molecule has 0 amide bonds. The summed E-state index contributed by atoms with van der Waals surface area (Å²) in [5, 5.41) is 4.35. The number of rotatable bonds is 2. The quantitative estimate of drug-likeness (QED) is 0.758. The van der Waals surface area contributed by atoms with Crippen molar-refractivity contribution in [2.75, 3.05) is 26.9 Å². The highest BCUT2D eigenvalue weighted by Crippen LogP contribution is 2.21. The molecule has 0 bridgehead atoms. The van der Waals surface area contributed by atoms with Gasteiger partial charge in [0.2, 0.25) is 0 Å². The van der Waals surface area contributed by atoms with E-state index in [0.29, 0.717) is 11.7 Å². The van der Waals surface area contributed by atoms with E-state index in [4.69, 9.17) is 9.47 Å². The van der Waals surface area contributed by atoms with Gasteiger partial charge in [0.1, 0.15) is 0 Å². The van der Waals surface area contributed by atoms with E-state index in [2.05, 4.69) is 10.00 Å². The highest BCUT2D eigenvalue weighted by atomic mass is 16.5. The van der Waals surface area contributed by atoms with Crippen LogP contribution < -0.4 is 0 Å². The monoisotopic (exact) mass is 279 g/mol. The van der Waals surface area contributed by atoms with Crippen LogP contribution in [0.15, 0.2) is 6.07 Å². The summed E-state index contributed by atoms with van der Waals surface area (Å²) in [6.45, 7) is 4.52. The fourth-order valence-electron chi connectivity index (χ4n) is 3.05. The van der Waals surface area contributed by atoms with Crippen LogP contribution in [-0.4, -0.2) is 53.6 Å². The summed E-state index contributed by atoms with van der Waals surface area (Å²) < 4.78 is 12.1.